The molecule has 0 radical (unpaired) electrons. The van der Waals surface area contributed by atoms with Gasteiger partial charge in [-0.25, -0.2) is 13.1 Å². The van der Waals surface area contributed by atoms with Crippen molar-refractivity contribution in [3.05, 3.63) is 84.3 Å². The van der Waals surface area contributed by atoms with Gasteiger partial charge in [0.25, 0.3) is 0 Å². The molecule has 0 atom stereocenters. The molecule has 8 heteroatoms. The van der Waals surface area contributed by atoms with Crippen LogP contribution in [0.5, 0.6) is 5.75 Å². The highest BCUT2D eigenvalue weighted by molar-refractivity contribution is 7.89. The number of amides is 1. The van der Waals surface area contributed by atoms with Gasteiger partial charge in [0.2, 0.25) is 15.9 Å². The van der Waals surface area contributed by atoms with Gasteiger partial charge in [0, 0.05) is 11.8 Å². The molecule has 0 fully saturated rings. The van der Waals surface area contributed by atoms with Crippen molar-refractivity contribution in [3.8, 4) is 5.75 Å². The van der Waals surface area contributed by atoms with Crippen LogP contribution in [0.1, 0.15) is 11.3 Å². The van der Waals surface area contributed by atoms with Crippen molar-refractivity contribution in [1.82, 2.24) is 4.72 Å². The summed E-state index contributed by atoms with van der Waals surface area (Å²) in [6.45, 7) is 0.0595. The van der Waals surface area contributed by atoms with Gasteiger partial charge < -0.3 is 14.5 Å². The molecule has 3 rings (SSSR count). The molecule has 0 bridgehead atoms. The minimum Gasteiger partial charge on any atom is -0.497 e. The molecule has 0 aliphatic carbocycles. The number of rotatable bonds is 8. The van der Waals surface area contributed by atoms with Gasteiger partial charge in [0.15, 0.2) is 0 Å². The number of carbonyl (C=O) groups excluding carboxylic acids is 1. The van der Waals surface area contributed by atoms with E-state index in [1.54, 1.807) is 37.5 Å². The molecule has 0 saturated heterocycles. The Bertz CT molecular complexity index is 1070. The lowest BCUT2D eigenvalue weighted by Crippen LogP contribution is -2.23. The number of sulfonamides is 1. The molecule has 0 aliphatic rings. The van der Waals surface area contributed by atoms with Crippen LogP contribution in [0.25, 0.3) is 6.08 Å². The van der Waals surface area contributed by atoms with Crippen molar-refractivity contribution in [3.63, 3.8) is 0 Å². The Labute approximate surface area is 169 Å². The lowest BCUT2D eigenvalue weighted by molar-refractivity contribution is -0.111. The monoisotopic (exact) mass is 412 g/mol. The van der Waals surface area contributed by atoms with Crippen LogP contribution in [0.2, 0.25) is 0 Å². The first-order chi connectivity index (χ1) is 14.0. The van der Waals surface area contributed by atoms with Crippen LogP contribution in [0.4, 0.5) is 5.69 Å². The molecule has 7 nitrogen and oxygen atoms in total. The summed E-state index contributed by atoms with van der Waals surface area (Å²) in [6.07, 6.45) is 4.55. The molecule has 3 aromatic rings. The van der Waals surface area contributed by atoms with E-state index in [1.165, 1.54) is 36.6 Å². The topological polar surface area (TPSA) is 97.6 Å². The Morgan fingerprint density at radius 2 is 1.79 bits per heavy atom. The third-order valence-corrected chi connectivity index (χ3v) is 5.41. The molecule has 0 spiro atoms. The fraction of sp³-hybridized carbons (Fsp3) is 0.0952. The van der Waals surface area contributed by atoms with E-state index in [-0.39, 0.29) is 17.3 Å². The first kappa shape index (κ1) is 20.4. The van der Waals surface area contributed by atoms with E-state index in [0.29, 0.717) is 11.4 Å². The zero-order valence-corrected chi connectivity index (χ0v) is 16.5. The molecule has 150 valence electrons. The van der Waals surface area contributed by atoms with Crippen LogP contribution in [-0.4, -0.2) is 21.4 Å². The maximum atomic E-state index is 12.3. The molecule has 0 unspecified atom stereocenters. The Morgan fingerprint density at radius 3 is 2.41 bits per heavy atom. The molecule has 0 saturated carbocycles. The maximum absolute atomic E-state index is 12.3. The van der Waals surface area contributed by atoms with E-state index in [1.807, 2.05) is 12.1 Å². The van der Waals surface area contributed by atoms with Gasteiger partial charge in [-0.15, -0.1) is 0 Å². The third kappa shape index (κ3) is 5.81. The lowest BCUT2D eigenvalue weighted by atomic mass is 10.2. The van der Waals surface area contributed by atoms with E-state index < -0.39 is 10.0 Å². The molecule has 1 aromatic heterocycles. The second kappa shape index (κ2) is 9.22. The fourth-order valence-corrected chi connectivity index (χ4v) is 3.44. The summed E-state index contributed by atoms with van der Waals surface area (Å²) in [5, 5.41) is 2.69. The highest BCUT2D eigenvalue weighted by atomic mass is 32.2. The predicted molar refractivity (Wildman–Crippen MR) is 110 cm³/mol. The first-order valence-electron chi connectivity index (χ1n) is 8.71. The summed E-state index contributed by atoms with van der Waals surface area (Å²) in [6, 6.07) is 16.5. The van der Waals surface area contributed by atoms with E-state index in [9.17, 15) is 13.2 Å². The smallest absolute Gasteiger partial charge is 0.248 e. The van der Waals surface area contributed by atoms with E-state index in [0.717, 1.165) is 11.3 Å². The predicted octanol–water partition coefficient (Wildman–Crippen LogP) is 3.42. The van der Waals surface area contributed by atoms with Crippen LogP contribution < -0.4 is 14.8 Å². The average Bonchev–Trinajstić information content (AvgIpc) is 3.25. The molecule has 1 heterocycles. The third-order valence-electron chi connectivity index (χ3n) is 3.99. The van der Waals surface area contributed by atoms with Crippen molar-refractivity contribution in [2.45, 2.75) is 11.4 Å². The second-order valence-electron chi connectivity index (χ2n) is 6.02. The molecule has 2 N–H and O–H groups in total. The van der Waals surface area contributed by atoms with Crippen molar-refractivity contribution in [1.29, 1.82) is 0 Å². The Kier molecular flexibility index (Phi) is 6.48. The van der Waals surface area contributed by atoms with Crippen molar-refractivity contribution in [2.75, 3.05) is 12.4 Å². The van der Waals surface area contributed by atoms with Crippen LogP contribution >= 0.6 is 0 Å². The summed E-state index contributed by atoms with van der Waals surface area (Å²) < 4.78 is 37.3. The number of carbonyl (C=O) groups is 1. The average molecular weight is 412 g/mol. The second-order valence-corrected chi connectivity index (χ2v) is 7.79. The highest BCUT2D eigenvalue weighted by Crippen LogP contribution is 2.15. The zero-order valence-electron chi connectivity index (χ0n) is 15.7. The molecular weight excluding hydrogens is 392 g/mol. The molecule has 2 aromatic carbocycles. The van der Waals surface area contributed by atoms with Crippen LogP contribution in [0.3, 0.4) is 0 Å². The number of anilines is 1. The highest BCUT2D eigenvalue weighted by Gasteiger charge is 2.14. The van der Waals surface area contributed by atoms with Crippen molar-refractivity contribution in [2.24, 2.45) is 0 Å². The minimum atomic E-state index is -3.68. The number of benzene rings is 2. The number of ether oxygens (including phenoxy) is 1. The SMILES string of the molecule is COc1ccc(/C=C/C(=O)Nc2ccc(S(=O)(=O)NCc3ccco3)cc2)cc1. The van der Waals surface area contributed by atoms with Gasteiger partial charge in [0.05, 0.1) is 24.8 Å². The molecular formula is C21H20N2O5S. The van der Waals surface area contributed by atoms with Gasteiger partial charge in [-0.1, -0.05) is 12.1 Å². The summed E-state index contributed by atoms with van der Waals surface area (Å²) in [4.78, 5) is 12.2. The fourth-order valence-electron chi connectivity index (χ4n) is 2.45. The van der Waals surface area contributed by atoms with Gasteiger partial charge >= 0.3 is 0 Å². The van der Waals surface area contributed by atoms with E-state index in [4.69, 9.17) is 9.15 Å². The summed E-state index contributed by atoms with van der Waals surface area (Å²) in [5.41, 5.74) is 1.34. The number of hydrogen-bond donors (Lipinski definition) is 2. The van der Waals surface area contributed by atoms with E-state index in [2.05, 4.69) is 10.0 Å². The molecule has 29 heavy (non-hydrogen) atoms. The number of furan rings is 1. The molecule has 1 amide bonds. The summed E-state index contributed by atoms with van der Waals surface area (Å²) in [5.74, 6) is 0.925. The van der Waals surface area contributed by atoms with Crippen LogP contribution in [0.15, 0.2) is 82.3 Å². The summed E-state index contributed by atoms with van der Waals surface area (Å²) >= 11 is 0. The zero-order chi connectivity index (χ0) is 20.7. The number of methoxy groups -OCH3 is 1. The normalized spacial score (nSPS) is 11.5. The first-order valence-corrected chi connectivity index (χ1v) is 10.2. The van der Waals surface area contributed by atoms with Gasteiger partial charge in [-0.3, -0.25) is 4.79 Å². The Hall–Kier alpha value is -3.36. The standard InChI is InChI=1S/C21H20N2O5S/c1-27-18-9-4-16(5-10-18)6-13-21(24)23-17-7-11-20(12-8-17)29(25,26)22-15-19-3-2-14-28-19/h2-14,22H,15H2,1H3,(H,23,24)/b13-6+. The Balaban J connectivity index is 1.57. The maximum Gasteiger partial charge on any atom is 0.248 e. The quantitative estimate of drug-likeness (QED) is 0.553. The van der Waals surface area contributed by atoms with Gasteiger partial charge in [-0.2, -0.15) is 0 Å². The Morgan fingerprint density at radius 1 is 1.07 bits per heavy atom. The minimum absolute atomic E-state index is 0.0595. The van der Waals surface area contributed by atoms with Crippen LogP contribution in [-0.2, 0) is 21.4 Å². The lowest BCUT2D eigenvalue weighted by Gasteiger charge is -2.07. The number of nitrogens with one attached hydrogen (secondary N) is 2. The molecule has 0 aliphatic heterocycles. The summed E-state index contributed by atoms with van der Waals surface area (Å²) in [7, 11) is -2.09. The van der Waals surface area contributed by atoms with Crippen molar-refractivity contribution >= 4 is 27.7 Å². The number of hydrogen-bond acceptors (Lipinski definition) is 5. The van der Waals surface area contributed by atoms with Gasteiger partial charge in [-0.05, 0) is 60.2 Å². The van der Waals surface area contributed by atoms with Gasteiger partial charge in [0.1, 0.15) is 11.5 Å². The van der Waals surface area contributed by atoms with Crippen molar-refractivity contribution < 1.29 is 22.4 Å². The van der Waals surface area contributed by atoms with E-state index >= 15 is 0 Å². The largest absolute Gasteiger partial charge is 0.497 e. The van der Waals surface area contributed by atoms with Crippen LogP contribution in [0, 0.1) is 0 Å².